The first-order valence-electron chi connectivity index (χ1n) is 8.61. The molecular formula is C21H25ClN2O2. The first-order chi connectivity index (χ1) is 12.2. The summed E-state index contributed by atoms with van der Waals surface area (Å²) in [6.07, 6.45) is 0.191. The van der Waals surface area contributed by atoms with Crippen LogP contribution in [0.1, 0.15) is 35.6 Å². The van der Waals surface area contributed by atoms with Crippen LogP contribution >= 0.6 is 11.6 Å². The molecule has 0 aliphatic carbocycles. The molecule has 0 aliphatic heterocycles. The molecule has 2 aromatic carbocycles. The Morgan fingerprint density at radius 3 is 2.23 bits per heavy atom. The van der Waals surface area contributed by atoms with Crippen molar-refractivity contribution in [1.29, 1.82) is 0 Å². The first kappa shape index (κ1) is 20.0. The predicted molar refractivity (Wildman–Crippen MR) is 108 cm³/mol. The van der Waals surface area contributed by atoms with Gasteiger partial charge in [0.15, 0.2) is 0 Å². The van der Waals surface area contributed by atoms with Crippen LogP contribution in [0, 0.1) is 27.7 Å². The summed E-state index contributed by atoms with van der Waals surface area (Å²) in [5, 5.41) is 3.39. The van der Waals surface area contributed by atoms with E-state index in [1.54, 1.807) is 4.90 Å². The molecule has 0 fully saturated rings. The van der Waals surface area contributed by atoms with E-state index >= 15 is 0 Å². The molecule has 5 heteroatoms. The topological polar surface area (TPSA) is 49.4 Å². The van der Waals surface area contributed by atoms with E-state index < -0.39 is 0 Å². The number of hydrogen-bond acceptors (Lipinski definition) is 2. The van der Waals surface area contributed by atoms with Crippen LogP contribution in [0.5, 0.6) is 0 Å². The standard InChI is InChI=1S/C21H25ClN2O2/c1-13-6-7-19(15(3)10-13)24(17(5)25)9-8-20(26)23-21-16(4)11-14(2)12-18(21)22/h6-7,10-12H,8-9H2,1-5H3,(H,23,26). The third-order valence-corrected chi connectivity index (χ3v) is 4.58. The Morgan fingerprint density at radius 2 is 1.65 bits per heavy atom. The maximum atomic E-state index is 12.4. The fourth-order valence-electron chi connectivity index (χ4n) is 3.05. The second-order valence-electron chi connectivity index (χ2n) is 6.70. The van der Waals surface area contributed by atoms with E-state index in [2.05, 4.69) is 5.32 Å². The fourth-order valence-corrected chi connectivity index (χ4v) is 3.41. The molecule has 0 spiro atoms. The van der Waals surface area contributed by atoms with Gasteiger partial charge in [-0.1, -0.05) is 35.4 Å². The minimum absolute atomic E-state index is 0.0886. The van der Waals surface area contributed by atoms with Gasteiger partial charge in [0.25, 0.3) is 0 Å². The summed E-state index contributed by atoms with van der Waals surface area (Å²) in [5.41, 5.74) is 5.57. The molecule has 0 aromatic heterocycles. The van der Waals surface area contributed by atoms with Crippen LogP contribution in [0.2, 0.25) is 5.02 Å². The summed E-state index contributed by atoms with van der Waals surface area (Å²) in [4.78, 5) is 26.1. The Hall–Kier alpha value is -2.33. The van der Waals surface area contributed by atoms with Crippen molar-refractivity contribution >= 4 is 34.8 Å². The average Bonchev–Trinajstić information content (AvgIpc) is 2.52. The molecule has 0 unspecified atom stereocenters. The summed E-state index contributed by atoms with van der Waals surface area (Å²) in [5.74, 6) is -0.260. The van der Waals surface area contributed by atoms with Gasteiger partial charge in [-0.15, -0.1) is 0 Å². The summed E-state index contributed by atoms with van der Waals surface area (Å²) in [6, 6.07) is 9.71. The normalized spacial score (nSPS) is 10.5. The third kappa shape index (κ3) is 4.85. The van der Waals surface area contributed by atoms with E-state index in [0.29, 0.717) is 17.3 Å². The van der Waals surface area contributed by atoms with Crippen molar-refractivity contribution in [2.45, 2.75) is 41.0 Å². The molecule has 0 heterocycles. The summed E-state index contributed by atoms with van der Waals surface area (Å²) in [7, 11) is 0. The highest BCUT2D eigenvalue weighted by atomic mass is 35.5. The lowest BCUT2D eigenvalue weighted by Gasteiger charge is -2.23. The van der Waals surface area contributed by atoms with Gasteiger partial charge in [0.1, 0.15) is 0 Å². The first-order valence-corrected chi connectivity index (χ1v) is 8.98. The minimum Gasteiger partial charge on any atom is -0.324 e. The number of carbonyl (C=O) groups is 2. The molecule has 1 N–H and O–H groups in total. The number of nitrogens with one attached hydrogen (secondary N) is 1. The number of nitrogens with zero attached hydrogens (tertiary/aromatic N) is 1. The lowest BCUT2D eigenvalue weighted by Crippen LogP contribution is -2.32. The average molecular weight is 373 g/mol. The van der Waals surface area contributed by atoms with E-state index in [1.807, 2.05) is 58.0 Å². The number of rotatable bonds is 5. The maximum Gasteiger partial charge on any atom is 0.226 e. The molecular weight excluding hydrogens is 348 g/mol. The van der Waals surface area contributed by atoms with Crippen molar-refractivity contribution in [3.8, 4) is 0 Å². The molecule has 0 aliphatic rings. The number of hydrogen-bond donors (Lipinski definition) is 1. The van der Waals surface area contributed by atoms with Gasteiger partial charge in [0.2, 0.25) is 11.8 Å². The number of aryl methyl sites for hydroxylation is 4. The van der Waals surface area contributed by atoms with E-state index in [9.17, 15) is 9.59 Å². The highest BCUT2D eigenvalue weighted by Crippen LogP contribution is 2.27. The van der Waals surface area contributed by atoms with Crippen LogP contribution in [0.25, 0.3) is 0 Å². The lowest BCUT2D eigenvalue weighted by atomic mass is 10.1. The number of anilines is 2. The maximum absolute atomic E-state index is 12.4. The second-order valence-corrected chi connectivity index (χ2v) is 7.10. The van der Waals surface area contributed by atoms with Gasteiger partial charge in [-0.05, 0) is 56.5 Å². The minimum atomic E-state index is -0.171. The number of carbonyl (C=O) groups excluding carboxylic acids is 2. The highest BCUT2D eigenvalue weighted by molar-refractivity contribution is 6.34. The van der Waals surface area contributed by atoms with Gasteiger partial charge in [-0.3, -0.25) is 9.59 Å². The molecule has 0 saturated carbocycles. The zero-order chi connectivity index (χ0) is 19.4. The quantitative estimate of drug-likeness (QED) is 0.806. The largest absolute Gasteiger partial charge is 0.324 e. The van der Waals surface area contributed by atoms with E-state index in [0.717, 1.165) is 27.9 Å². The number of amides is 2. The van der Waals surface area contributed by atoms with Crippen LogP contribution in [0.4, 0.5) is 11.4 Å². The van der Waals surface area contributed by atoms with Crippen molar-refractivity contribution in [2.75, 3.05) is 16.8 Å². The van der Waals surface area contributed by atoms with Crippen molar-refractivity contribution in [1.82, 2.24) is 0 Å². The van der Waals surface area contributed by atoms with Crippen molar-refractivity contribution < 1.29 is 9.59 Å². The molecule has 26 heavy (non-hydrogen) atoms. The summed E-state index contributed by atoms with van der Waals surface area (Å²) in [6.45, 7) is 9.67. The van der Waals surface area contributed by atoms with E-state index in [1.165, 1.54) is 6.92 Å². The van der Waals surface area contributed by atoms with Crippen LogP contribution < -0.4 is 10.2 Å². The van der Waals surface area contributed by atoms with Gasteiger partial charge in [-0.2, -0.15) is 0 Å². The van der Waals surface area contributed by atoms with Crippen LogP contribution in [-0.4, -0.2) is 18.4 Å². The zero-order valence-corrected chi connectivity index (χ0v) is 16.7. The zero-order valence-electron chi connectivity index (χ0n) is 15.9. The van der Waals surface area contributed by atoms with E-state index in [-0.39, 0.29) is 18.2 Å². The molecule has 0 bridgehead atoms. The van der Waals surface area contributed by atoms with E-state index in [4.69, 9.17) is 11.6 Å². The predicted octanol–water partition coefficient (Wildman–Crippen LogP) is 4.96. The van der Waals surface area contributed by atoms with Crippen molar-refractivity contribution in [3.63, 3.8) is 0 Å². The Balaban J connectivity index is 2.10. The molecule has 0 saturated heterocycles. The van der Waals surface area contributed by atoms with Gasteiger partial charge < -0.3 is 10.2 Å². The Kier molecular flexibility index (Phi) is 6.43. The molecule has 2 amide bonds. The van der Waals surface area contributed by atoms with Gasteiger partial charge in [-0.25, -0.2) is 0 Å². The lowest BCUT2D eigenvalue weighted by molar-refractivity contribution is -0.117. The van der Waals surface area contributed by atoms with Crippen molar-refractivity contribution in [2.24, 2.45) is 0 Å². The molecule has 2 aromatic rings. The fraction of sp³-hybridized carbons (Fsp3) is 0.333. The Morgan fingerprint density at radius 1 is 1.00 bits per heavy atom. The van der Waals surface area contributed by atoms with Gasteiger partial charge in [0, 0.05) is 25.6 Å². The Labute approximate surface area is 160 Å². The molecule has 2 rings (SSSR count). The van der Waals surface area contributed by atoms with Crippen molar-refractivity contribution in [3.05, 3.63) is 57.6 Å². The van der Waals surface area contributed by atoms with Gasteiger partial charge in [0.05, 0.1) is 10.7 Å². The molecule has 0 atom stereocenters. The molecule has 4 nitrogen and oxygen atoms in total. The smallest absolute Gasteiger partial charge is 0.226 e. The van der Waals surface area contributed by atoms with Crippen LogP contribution in [0.15, 0.2) is 30.3 Å². The van der Waals surface area contributed by atoms with Gasteiger partial charge >= 0.3 is 0 Å². The second kappa shape index (κ2) is 8.37. The number of benzene rings is 2. The SMILES string of the molecule is CC(=O)N(CCC(=O)Nc1c(C)cc(C)cc1Cl)c1ccc(C)cc1C. The Bertz CT molecular complexity index is 823. The number of halogens is 1. The summed E-state index contributed by atoms with van der Waals surface area (Å²) >= 11 is 6.24. The highest BCUT2D eigenvalue weighted by Gasteiger charge is 2.16. The molecule has 0 radical (unpaired) electrons. The third-order valence-electron chi connectivity index (χ3n) is 4.28. The van der Waals surface area contributed by atoms with Crippen LogP contribution in [-0.2, 0) is 9.59 Å². The molecule has 138 valence electrons. The monoisotopic (exact) mass is 372 g/mol. The van der Waals surface area contributed by atoms with Crippen LogP contribution in [0.3, 0.4) is 0 Å². The summed E-state index contributed by atoms with van der Waals surface area (Å²) < 4.78 is 0.